The van der Waals surface area contributed by atoms with Crippen molar-refractivity contribution in [2.45, 2.75) is 46.1 Å². The summed E-state index contributed by atoms with van der Waals surface area (Å²) >= 11 is 0. The normalized spacial score (nSPS) is 29.2. The highest BCUT2D eigenvalue weighted by Crippen LogP contribution is 2.39. The first-order valence-electron chi connectivity index (χ1n) is 7.45. The molecule has 0 bridgehead atoms. The lowest BCUT2D eigenvalue weighted by atomic mass is 9.73. The van der Waals surface area contributed by atoms with E-state index in [1.807, 2.05) is 0 Å². The Morgan fingerprint density at radius 1 is 1.32 bits per heavy atom. The molecule has 19 heavy (non-hydrogen) atoms. The molecular weight excluding hydrogens is 239 g/mol. The van der Waals surface area contributed by atoms with Gasteiger partial charge in [0.2, 0.25) is 0 Å². The fraction of sp³-hybridized carbons (Fsp3) is 0.688. The molecule has 0 aliphatic heterocycles. The van der Waals surface area contributed by atoms with Crippen molar-refractivity contribution < 1.29 is 4.39 Å². The number of pyridine rings is 1. The van der Waals surface area contributed by atoms with Crippen molar-refractivity contribution in [3.05, 3.63) is 29.8 Å². The number of aromatic nitrogens is 1. The largest absolute Gasteiger partial charge is 0.309 e. The van der Waals surface area contributed by atoms with Crippen LogP contribution in [0.15, 0.2) is 18.3 Å². The van der Waals surface area contributed by atoms with Crippen LogP contribution < -0.4 is 5.32 Å². The quantitative estimate of drug-likeness (QED) is 0.891. The molecule has 0 amide bonds. The van der Waals surface area contributed by atoms with E-state index in [1.54, 1.807) is 12.3 Å². The summed E-state index contributed by atoms with van der Waals surface area (Å²) < 4.78 is 14.0. The molecule has 1 aromatic heterocycles. The molecule has 1 saturated carbocycles. The van der Waals surface area contributed by atoms with E-state index in [-0.39, 0.29) is 11.9 Å². The molecule has 0 spiro atoms. The van der Waals surface area contributed by atoms with Crippen molar-refractivity contribution in [3.63, 3.8) is 0 Å². The van der Waals surface area contributed by atoms with E-state index < -0.39 is 0 Å². The summed E-state index contributed by atoms with van der Waals surface area (Å²) in [7, 11) is 0. The fourth-order valence-electron chi connectivity index (χ4n) is 3.61. The maximum absolute atomic E-state index is 14.0. The first-order chi connectivity index (χ1) is 9.11. The van der Waals surface area contributed by atoms with E-state index >= 15 is 0 Å². The molecule has 1 aliphatic carbocycles. The molecule has 0 saturated heterocycles. The number of rotatable bonds is 4. The maximum atomic E-state index is 14.0. The minimum atomic E-state index is -0.181. The van der Waals surface area contributed by atoms with Gasteiger partial charge in [-0.1, -0.05) is 20.8 Å². The number of halogens is 1. The van der Waals surface area contributed by atoms with Gasteiger partial charge in [0.05, 0.1) is 11.7 Å². The van der Waals surface area contributed by atoms with Crippen LogP contribution in [-0.4, -0.2) is 11.5 Å². The van der Waals surface area contributed by atoms with Gasteiger partial charge >= 0.3 is 0 Å². The second-order valence-corrected chi connectivity index (χ2v) is 6.08. The lowest BCUT2D eigenvalue weighted by Crippen LogP contribution is -2.34. The van der Waals surface area contributed by atoms with Gasteiger partial charge < -0.3 is 5.32 Å². The topological polar surface area (TPSA) is 24.9 Å². The van der Waals surface area contributed by atoms with E-state index in [9.17, 15) is 4.39 Å². The maximum Gasteiger partial charge on any atom is 0.146 e. The Morgan fingerprint density at radius 2 is 2.00 bits per heavy atom. The molecule has 3 atom stereocenters. The summed E-state index contributed by atoms with van der Waals surface area (Å²) in [5.41, 5.74) is 0.593. The average molecular weight is 264 g/mol. The van der Waals surface area contributed by atoms with Gasteiger partial charge in [0.25, 0.3) is 0 Å². The van der Waals surface area contributed by atoms with Crippen molar-refractivity contribution in [1.82, 2.24) is 10.3 Å². The van der Waals surface area contributed by atoms with Crippen LogP contribution >= 0.6 is 0 Å². The zero-order valence-corrected chi connectivity index (χ0v) is 12.2. The Kier molecular flexibility index (Phi) is 4.92. The third-order valence-electron chi connectivity index (χ3n) is 4.19. The minimum Gasteiger partial charge on any atom is -0.309 e. The van der Waals surface area contributed by atoms with Gasteiger partial charge in [0.1, 0.15) is 5.82 Å². The Labute approximate surface area is 115 Å². The van der Waals surface area contributed by atoms with E-state index in [0.717, 1.165) is 31.2 Å². The van der Waals surface area contributed by atoms with Crippen molar-refractivity contribution in [2.75, 3.05) is 6.54 Å². The Hall–Kier alpha value is -0.960. The monoisotopic (exact) mass is 264 g/mol. The molecule has 1 aliphatic rings. The molecule has 1 aromatic rings. The van der Waals surface area contributed by atoms with E-state index in [4.69, 9.17) is 0 Å². The van der Waals surface area contributed by atoms with E-state index in [1.165, 1.54) is 12.5 Å². The Morgan fingerprint density at radius 3 is 2.58 bits per heavy atom. The molecule has 3 heteroatoms. The smallest absolute Gasteiger partial charge is 0.146 e. The second-order valence-electron chi connectivity index (χ2n) is 6.08. The third kappa shape index (κ3) is 3.53. The number of hydrogen-bond donors (Lipinski definition) is 1. The van der Waals surface area contributed by atoms with Crippen LogP contribution in [-0.2, 0) is 0 Å². The molecule has 1 N–H and O–H groups in total. The SMILES string of the molecule is CCNC(c1ncccc1F)C1CC(C)CC(C)C1. The van der Waals surface area contributed by atoms with Gasteiger partial charge in [0, 0.05) is 6.20 Å². The lowest BCUT2D eigenvalue weighted by Gasteiger charge is -2.36. The Balaban J connectivity index is 2.22. The number of nitrogens with one attached hydrogen (secondary N) is 1. The van der Waals surface area contributed by atoms with Gasteiger partial charge in [-0.25, -0.2) is 4.39 Å². The molecule has 1 fully saturated rings. The van der Waals surface area contributed by atoms with Crippen molar-refractivity contribution in [1.29, 1.82) is 0 Å². The van der Waals surface area contributed by atoms with Crippen LogP contribution in [0.25, 0.3) is 0 Å². The van der Waals surface area contributed by atoms with Gasteiger partial charge in [-0.05, 0) is 55.7 Å². The van der Waals surface area contributed by atoms with E-state index in [0.29, 0.717) is 11.6 Å². The van der Waals surface area contributed by atoms with Gasteiger partial charge in [-0.15, -0.1) is 0 Å². The minimum absolute atomic E-state index is 0.0522. The zero-order valence-electron chi connectivity index (χ0n) is 12.2. The zero-order chi connectivity index (χ0) is 13.8. The lowest BCUT2D eigenvalue weighted by molar-refractivity contribution is 0.173. The summed E-state index contributed by atoms with van der Waals surface area (Å²) in [4.78, 5) is 4.28. The predicted molar refractivity (Wildman–Crippen MR) is 76.3 cm³/mol. The first-order valence-corrected chi connectivity index (χ1v) is 7.45. The van der Waals surface area contributed by atoms with Crippen LogP contribution in [0, 0.1) is 23.6 Å². The van der Waals surface area contributed by atoms with Crippen molar-refractivity contribution in [2.24, 2.45) is 17.8 Å². The van der Waals surface area contributed by atoms with Gasteiger partial charge in [0.15, 0.2) is 0 Å². The molecular formula is C16H25FN2. The van der Waals surface area contributed by atoms with Crippen molar-refractivity contribution >= 4 is 0 Å². The van der Waals surface area contributed by atoms with Gasteiger partial charge in [-0.2, -0.15) is 0 Å². The van der Waals surface area contributed by atoms with Crippen LogP contribution in [0.4, 0.5) is 4.39 Å². The molecule has 2 rings (SSSR count). The molecule has 0 aromatic carbocycles. The molecule has 2 nitrogen and oxygen atoms in total. The third-order valence-corrected chi connectivity index (χ3v) is 4.19. The standard InChI is InChI=1S/C16H25FN2/c1-4-18-15(16-14(17)6-5-7-19-16)13-9-11(2)8-12(3)10-13/h5-7,11-13,15,18H,4,8-10H2,1-3H3. The summed E-state index contributed by atoms with van der Waals surface area (Å²) in [5.74, 6) is 1.76. The summed E-state index contributed by atoms with van der Waals surface area (Å²) in [5, 5.41) is 3.45. The number of nitrogens with zero attached hydrogens (tertiary/aromatic N) is 1. The second kappa shape index (κ2) is 6.47. The van der Waals surface area contributed by atoms with Crippen LogP contribution in [0.3, 0.4) is 0 Å². The van der Waals surface area contributed by atoms with Gasteiger partial charge in [-0.3, -0.25) is 4.98 Å². The highest BCUT2D eigenvalue weighted by molar-refractivity contribution is 5.13. The summed E-state index contributed by atoms with van der Waals surface area (Å²) in [6.07, 6.45) is 5.31. The van der Waals surface area contributed by atoms with E-state index in [2.05, 4.69) is 31.1 Å². The molecule has 0 radical (unpaired) electrons. The summed E-state index contributed by atoms with van der Waals surface area (Å²) in [6.45, 7) is 7.53. The average Bonchev–Trinajstić information content (AvgIpc) is 2.36. The molecule has 3 unspecified atom stereocenters. The summed E-state index contributed by atoms with van der Waals surface area (Å²) in [6, 6.07) is 3.23. The Bertz CT molecular complexity index is 397. The molecule has 1 heterocycles. The molecule has 106 valence electrons. The number of hydrogen-bond acceptors (Lipinski definition) is 2. The van der Waals surface area contributed by atoms with Crippen LogP contribution in [0.1, 0.15) is 51.8 Å². The highest BCUT2D eigenvalue weighted by Gasteiger charge is 2.32. The predicted octanol–water partition coefficient (Wildman–Crippen LogP) is 3.94. The van der Waals surface area contributed by atoms with Crippen molar-refractivity contribution in [3.8, 4) is 0 Å². The highest BCUT2D eigenvalue weighted by atomic mass is 19.1. The first kappa shape index (κ1) is 14.4. The van der Waals surface area contributed by atoms with Crippen LogP contribution in [0.5, 0.6) is 0 Å². The fourth-order valence-corrected chi connectivity index (χ4v) is 3.61. The van der Waals surface area contributed by atoms with Crippen LogP contribution in [0.2, 0.25) is 0 Å².